The van der Waals surface area contributed by atoms with Crippen molar-refractivity contribution < 1.29 is 0 Å². The van der Waals surface area contributed by atoms with Crippen LogP contribution in [0.2, 0.25) is 0 Å². The Kier molecular flexibility index (Phi) is 3.60. The van der Waals surface area contributed by atoms with E-state index in [1.807, 2.05) is 0 Å². The van der Waals surface area contributed by atoms with Gasteiger partial charge >= 0.3 is 0 Å². The van der Waals surface area contributed by atoms with Crippen LogP contribution >= 0.6 is 0 Å². The average molecular weight is 200 g/mol. The number of unbranched alkanes of at least 4 members (excludes halogenated alkanes) is 1. The molecule has 0 aromatic heterocycles. The van der Waals surface area contributed by atoms with Crippen LogP contribution in [0.25, 0.3) is 5.57 Å². The van der Waals surface area contributed by atoms with E-state index in [9.17, 15) is 0 Å². The summed E-state index contributed by atoms with van der Waals surface area (Å²) in [5.41, 5.74) is 2.99. The van der Waals surface area contributed by atoms with Gasteiger partial charge in [0.2, 0.25) is 0 Å². The van der Waals surface area contributed by atoms with Gasteiger partial charge in [0.25, 0.3) is 0 Å². The molecule has 0 heterocycles. The minimum Gasteiger partial charge on any atom is -0.0776 e. The van der Waals surface area contributed by atoms with E-state index in [1.54, 1.807) is 5.57 Å². The first-order valence-electron chi connectivity index (χ1n) is 6.16. The zero-order valence-electron chi connectivity index (χ0n) is 9.58. The molecule has 80 valence electrons. The Labute approximate surface area is 93.0 Å². The molecule has 0 saturated carbocycles. The first kappa shape index (κ1) is 10.5. The van der Waals surface area contributed by atoms with Gasteiger partial charge < -0.3 is 0 Å². The summed E-state index contributed by atoms with van der Waals surface area (Å²) in [4.78, 5) is 0. The Hall–Kier alpha value is -1.04. The molecule has 0 nitrogen and oxygen atoms in total. The van der Waals surface area contributed by atoms with E-state index < -0.39 is 0 Å². The molecule has 1 aromatic rings. The van der Waals surface area contributed by atoms with Crippen LogP contribution in [0.1, 0.15) is 44.6 Å². The minimum atomic E-state index is 0.847. The summed E-state index contributed by atoms with van der Waals surface area (Å²) in [5, 5.41) is 0. The summed E-state index contributed by atoms with van der Waals surface area (Å²) < 4.78 is 0. The third-order valence-corrected chi connectivity index (χ3v) is 3.29. The summed E-state index contributed by atoms with van der Waals surface area (Å²) in [7, 11) is 0. The lowest BCUT2D eigenvalue weighted by Crippen LogP contribution is -1.89. The van der Waals surface area contributed by atoms with Crippen LogP contribution in [-0.2, 0) is 0 Å². The van der Waals surface area contributed by atoms with Crippen LogP contribution in [0, 0.1) is 5.92 Å². The zero-order valence-corrected chi connectivity index (χ0v) is 9.58. The standard InChI is InChI=1S/C15H20/c1-2-3-7-13-10-11-15(12-13)14-8-5-4-6-9-14/h4-6,8-9,12-13H,2-3,7,10-11H2,1H3. The van der Waals surface area contributed by atoms with Gasteiger partial charge in [0.05, 0.1) is 0 Å². The lowest BCUT2D eigenvalue weighted by Gasteiger charge is -2.03. The molecule has 0 spiro atoms. The van der Waals surface area contributed by atoms with E-state index in [0.29, 0.717) is 0 Å². The molecule has 0 radical (unpaired) electrons. The van der Waals surface area contributed by atoms with Crippen molar-refractivity contribution >= 4 is 5.57 Å². The highest BCUT2D eigenvalue weighted by molar-refractivity contribution is 5.67. The summed E-state index contributed by atoms with van der Waals surface area (Å²) in [6.45, 7) is 2.27. The van der Waals surface area contributed by atoms with Gasteiger partial charge in [-0.25, -0.2) is 0 Å². The van der Waals surface area contributed by atoms with Gasteiger partial charge in [0.15, 0.2) is 0 Å². The molecule has 2 rings (SSSR count). The third kappa shape index (κ3) is 2.71. The third-order valence-electron chi connectivity index (χ3n) is 3.29. The Bertz CT molecular complexity index is 321. The molecule has 15 heavy (non-hydrogen) atoms. The number of hydrogen-bond donors (Lipinski definition) is 0. The highest BCUT2D eigenvalue weighted by Gasteiger charge is 2.15. The molecule has 1 aliphatic carbocycles. The van der Waals surface area contributed by atoms with E-state index in [0.717, 1.165) is 5.92 Å². The maximum absolute atomic E-state index is 2.50. The van der Waals surface area contributed by atoms with E-state index >= 15 is 0 Å². The molecule has 1 aromatic carbocycles. The quantitative estimate of drug-likeness (QED) is 0.662. The molecule has 0 heteroatoms. The fourth-order valence-electron chi connectivity index (χ4n) is 2.38. The van der Waals surface area contributed by atoms with Gasteiger partial charge in [-0.15, -0.1) is 0 Å². The van der Waals surface area contributed by atoms with Crippen LogP contribution in [-0.4, -0.2) is 0 Å². The molecule has 1 aliphatic rings. The molecule has 0 bridgehead atoms. The van der Waals surface area contributed by atoms with Gasteiger partial charge in [-0.2, -0.15) is 0 Å². The number of benzene rings is 1. The normalized spacial score (nSPS) is 20.3. The summed E-state index contributed by atoms with van der Waals surface area (Å²) in [6.07, 6.45) is 9.23. The maximum atomic E-state index is 2.50. The molecular formula is C15H20. The second-order valence-corrected chi connectivity index (χ2v) is 4.50. The Morgan fingerprint density at radius 2 is 2.00 bits per heavy atom. The minimum absolute atomic E-state index is 0.847. The van der Waals surface area contributed by atoms with E-state index in [1.165, 1.54) is 37.7 Å². The predicted molar refractivity (Wildman–Crippen MR) is 66.7 cm³/mol. The van der Waals surface area contributed by atoms with Crippen molar-refractivity contribution in [3.8, 4) is 0 Å². The predicted octanol–water partition coefficient (Wildman–Crippen LogP) is 4.67. The van der Waals surface area contributed by atoms with Gasteiger partial charge in [0.1, 0.15) is 0 Å². The van der Waals surface area contributed by atoms with Crippen molar-refractivity contribution in [2.45, 2.75) is 39.0 Å². The number of allylic oxidation sites excluding steroid dienone is 2. The summed E-state index contributed by atoms with van der Waals surface area (Å²) in [6, 6.07) is 10.8. The molecule has 0 aliphatic heterocycles. The molecule has 0 N–H and O–H groups in total. The van der Waals surface area contributed by atoms with Gasteiger partial charge in [0, 0.05) is 0 Å². The molecule has 1 atom stereocenters. The molecule has 1 unspecified atom stereocenters. The van der Waals surface area contributed by atoms with Crippen molar-refractivity contribution in [3.63, 3.8) is 0 Å². The highest BCUT2D eigenvalue weighted by atomic mass is 14.2. The second kappa shape index (κ2) is 5.16. The Morgan fingerprint density at radius 3 is 2.73 bits per heavy atom. The SMILES string of the molecule is CCCCC1C=C(c2ccccc2)CC1. The largest absolute Gasteiger partial charge is 0.0776 e. The first-order valence-corrected chi connectivity index (χ1v) is 6.16. The van der Waals surface area contributed by atoms with E-state index in [-0.39, 0.29) is 0 Å². The molecular weight excluding hydrogens is 180 g/mol. The van der Waals surface area contributed by atoms with Gasteiger partial charge in [-0.3, -0.25) is 0 Å². The van der Waals surface area contributed by atoms with Gasteiger partial charge in [-0.05, 0) is 36.3 Å². The molecule has 0 saturated heterocycles. The fraction of sp³-hybridized carbons (Fsp3) is 0.467. The van der Waals surface area contributed by atoms with Crippen molar-refractivity contribution in [3.05, 3.63) is 42.0 Å². The van der Waals surface area contributed by atoms with E-state index in [2.05, 4.69) is 43.3 Å². The van der Waals surface area contributed by atoms with Crippen LogP contribution in [0.15, 0.2) is 36.4 Å². The van der Waals surface area contributed by atoms with Crippen LogP contribution in [0.5, 0.6) is 0 Å². The van der Waals surface area contributed by atoms with Crippen molar-refractivity contribution in [2.24, 2.45) is 5.92 Å². The maximum Gasteiger partial charge on any atom is -0.0224 e. The number of hydrogen-bond acceptors (Lipinski definition) is 0. The zero-order chi connectivity index (χ0) is 10.5. The lowest BCUT2D eigenvalue weighted by molar-refractivity contribution is 0.546. The second-order valence-electron chi connectivity index (χ2n) is 4.50. The van der Waals surface area contributed by atoms with E-state index in [4.69, 9.17) is 0 Å². The topological polar surface area (TPSA) is 0 Å². The monoisotopic (exact) mass is 200 g/mol. The van der Waals surface area contributed by atoms with Crippen LogP contribution in [0.3, 0.4) is 0 Å². The molecule has 0 amide bonds. The highest BCUT2D eigenvalue weighted by Crippen LogP contribution is 2.33. The molecule has 0 fully saturated rings. The van der Waals surface area contributed by atoms with Crippen LogP contribution < -0.4 is 0 Å². The Balaban J connectivity index is 2.00. The summed E-state index contributed by atoms with van der Waals surface area (Å²) in [5.74, 6) is 0.847. The summed E-state index contributed by atoms with van der Waals surface area (Å²) >= 11 is 0. The van der Waals surface area contributed by atoms with Crippen molar-refractivity contribution in [2.75, 3.05) is 0 Å². The van der Waals surface area contributed by atoms with Gasteiger partial charge in [-0.1, -0.05) is 56.2 Å². The smallest absolute Gasteiger partial charge is 0.0224 e. The average Bonchev–Trinajstić information content (AvgIpc) is 2.76. The first-order chi connectivity index (χ1) is 7.40. The Morgan fingerprint density at radius 1 is 1.20 bits per heavy atom. The number of rotatable bonds is 4. The van der Waals surface area contributed by atoms with Crippen molar-refractivity contribution in [1.29, 1.82) is 0 Å². The lowest BCUT2D eigenvalue weighted by atomic mass is 10.0. The van der Waals surface area contributed by atoms with Crippen LogP contribution in [0.4, 0.5) is 0 Å². The fourth-order valence-corrected chi connectivity index (χ4v) is 2.38. The van der Waals surface area contributed by atoms with Crippen molar-refractivity contribution in [1.82, 2.24) is 0 Å².